The highest BCUT2D eigenvalue weighted by Gasteiger charge is 2.34. The number of fused-ring (bicyclic) bond motifs is 1. The molecule has 0 aliphatic carbocycles. The minimum absolute atomic E-state index is 0.0348. The summed E-state index contributed by atoms with van der Waals surface area (Å²) in [6, 6.07) is 10.4. The number of carbonyl (C=O) groups excluding carboxylic acids is 2. The molecule has 1 aromatic carbocycles. The lowest BCUT2D eigenvalue weighted by molar-refractivity contribution is -0.143. The molecule has 0 saturated heterocycles. The lowest BCUT2D eigenvalue weighted by Crippen LogP contribution is -2.47. The molecule has 5 heteroatoms. The highest BCUT2D eigenvalue weighted by Crippen LogP contribution is 2.39. The molecule has 0 spiro atoms. The van der Waals surface area contributed by atoms with Crippen LogP contribution in [0.2, 0.25) is 0 Å². The van der Waals surface area contributed by atoms with Crippen LogP contribution in [0.3, 0.4) is 0 Å². The van der Waals surface area contributed by atoms with Crippen LogP contribution in [-0.2, 0) is 16.0 Å². The Balaban J connectivity index is 1.92. The van der Waals surface area contributed by atoms with Crippen molar-refractivity contribution in [3.05, 3.63) is 57.3 Å². The number of amides is 2. The number of hydrogen-bond donors (Lipinski definition) is 0. The van der Waals surface area contributed by atoms with E-state index in [-0.39, 0.29) is 30.3 Å². The number of carbonyl (C=O) groups is 2. The Hall–Kier alpha value is -2.14. The van der Waals surface area contributed by atoms with Crippen molar-refractivity contribution in [2.45, 2.75) is 46.6 Å². The first-order valence-electron chi connectivity index (χ1n) is 10.1. The van der Waals surface area contributed by atoms with Gasteiger partial charge in [0.25, 0.3) is 0 Å². The molecule has 150 valence electrons. The third-order valence-electron chi connectivity index (χ3n) is 5.39. The van der Waals surface area contributed by atoms with Gasteiger partial charge in [-0.25, -0.2) is 0 Å². The molecular weight excluding hydrogens is 368 g/mol. The average molecular weight is 399 g/mol. The first-order chi connectivity index (χ1) is 13.4. The molecule has 0 unspecified atom stereocenters. The van der Waals surface area contributed by atoms with Gasteiger partial charge in [-0.05, 0) is 47.9 Å². The highest BCUT2D eigenvalue weighted by atomic mass is 32.1. The fourth-order valence-electron chi connectivity index (χ4n) is 3.97. The molecule has 1 aliphatic rings. The zero-order valence-corrected chi connectivity index (χ0v) is 18.1. The first kappa shape index (κ1) is 20.6. The van der Waals surface area contributed by atoms with E-state index in [9.17, 15) is 9.59 Å². The van der Waals surface area contributed by atoms with Gasteiger partial charge in [-0.1, -0.05) is 45.0 Å². The molecule has 2 heterocycles. The van der Waals surface area contributed by atoms with Crippen LogP contribution >= 0.6 is 11.3 Å². The highest BCUT2D eigenvalue weighted by molar-refractivity contribution is 7.10. The van der Waals surface area contributed by atoms with Crippen LogP contribution in [0.5, 0.6) is 0 Å². The Kier molecular flexibility index (Phi) is 6.55. The van der Waals surface area contributed by atoms with Crippen LogP contribution < -0.4 is 0 Å². The van der Waals surface area contributed by atoms with E-state index in [1.165, 1.54) is 21.6 Å². The Bertz CT molecular complexity index is 843. The van der Waals surface area contributed by atoms with Gasteiger partial charge in [-0.2, -0.15) is 0 Å². The quantitative estimate of drug-likeness (QED) is 0.722. The summed E-state index contributed by atoms with van der Waals surface area (Å²) in [4.78, 5) is 31.0. The molecule has 0 radical (unpaired) electrons. The van der Waals surface area contributed by atoms with Crippen molar-refractivity contribution in [1.29, 1.82) is 0 Å². The summed E-state index contributed by atoms with van der Waals surface area (Å²) in [5.74, 6) is -0.0141. The molecule has 2 amide bonds. The fraction of sp³-hybridized carbons (Fsp3) is 0.478. The summed E-state index contributed by atoms with van der Waals surface area (Å²) in [5, 5.41) is 2.12. The number of aryl methyl sites for hydroxylation is 1. The van der Waals surface area contributed by atoms with Crippen LogP contribution in [0.25, 0.3) is 0 Å². The molecule has 28 heavy (non-hydrogen) atoms. The summed E-state index contributed by atoms with van der Waals surface area (Å²) in [7, 11) is 0. The third-order valence-corrected chi connectivity index (χ3v) is 6.39. The van der Waals surface area contributed by atoms with Gasteiger partial charge in [0.1, 0.15) is 0 Å². The van der Waals surface area contributed by atoms with Crippen molar-refractivity contribution in [3.63, 3.8) is 0 Å². The maximum absolute atomic E-state index is 13.4. The Morgan fingerprint density at radius 3 is 2.64 bits per heavy atom. The molecule has 3 rings (SSSR count). The molecule has 0 N–H and O–H groups in total. The van der Waals surface area contributed by atoms with Crippen molar-refractivity contribution in [3.8, 4) is 0 Å². The van der Waals surface area contributed by atoms with Crippen molar-refractivity contribution < 1.29 is 9.59 Å². The van der Waals surface area contributed by atoms with Crippen LogP contribution in [-0.4, -0.2) is 41.2 Å². The van der Waals surface area contributed by atoms with E-state index in [1.807, 2.05) is 37.8 Å². The van der Waals surface area contributed by atoms with E-state index in [2.05, 4.69) is 30.5 Å². The minimum atomic E-state index is -0.101. The summed E-state index contributed by atoms with van der Waals surface area (Å²) in [5.41, 5.74) is 3.59. The second-order valence-electron chi connectivity index (χ2n) is 7.81. The van der Waals surface area contributed by atoms with E-state index >= 15 is 0 Å². The fourth-order valence-corrected chi connectivity index (χ4v) is 4.87. The summed E-state index contributed by atoms with van der Waals surface area (Å²) < 4.78 is 0. The lowest BCUT2D eigenvalue weighted by Gasteiger charge is -2.38. The molecule has 0 bridgehead atoms. The van der Waals surface area contributed by atoms with Gasteiger partial charge < -0.3 is 9.80 Å². The third kappa shape index (κ3) is 4.14. The van der Waals surface area contributed by atoms with Gasteiger partial charge >= 0.3 is 0 Å². The topological polar surface area (TPSA) is 40.6 Å². The number of hydrogen-bond acceptors (Lipinski definition) is 3. The van der Waals surface area contributed by atoms with Gasteiger partial charge in [-0.3, -0.25) is 9.59 Å². The predicted octanol–water partition coefficient (Wildman–Crippen LogP) is 4.43. The molecule has 1 aromatic heterocycles. The minimum Gasteiger partial charge on any atom is -0.333 e. The molecular formula is C23H30N2O2S. The number of nitrogens with zero attached hydrogens (tertiary/aromatic N) is 2. The van der Waals surface area contributed by atoms with Crippen LogP contribution in [0.1, 0.15) is 54.8 Å². The number of rotatable bonds is 6. The maximum Gasteiger partial charge on any atom is 0.242 e. The monoisotopic (exact) mass is 398 g/mol. The standard InChI is InChI=1S/C23H30N2O2S/c1-5-12-24(23(27)16(2)3)15-21(26)25-13-10-20-19(11-14-28-20)22(25)18-9-7-6-8-17(18)4/h6-9,11,14,16,22H,5,10,12-13,15H2,1-4H3/t22-/m0/s1. The van der Waals surface area contributed by atoms with Crippen LogP contribution in [0.15, 0.2) is 35.7 Å². The van der Waals surface area contributed by atoms with Gasteiger partial charge in [-0.15, -0.1) is 11.3 Å². The predicted molar refractivity (Wildman–Crippen MR) is 114 cm³/mol. The second kappa shape index (κ2) is 8.91. The van der Waals surface area contributed by atoms with E-state index in [4.69, 9.17) is 0 Å². The van der Waals surface area contributed by atoms with E-state index in [0.29, 0.717) is 13.1 Å². The molecule has 0 saturated carbocycles. The Morgan fingerprint density at radius 2 is 1.96 bits per heavy atom. The molecule has 1 atom stereocenters. The first-order valence-corrected chi connectivity index (χ1v) is 11.0. The maximum atomic E-state index is 13.4. The second-order valence-corrected chi connectivity index (χ2v) is 8.81. The van der Waals surface area contributed by atoms with Crippen molar-refractivity contribution in [2.24, 2.45) is 5.92 Å². The zero-order chi connectivity index (χ0) is 20.3. The summed E-state index contributed by atoms with van der Waals surface area (Å²) in [6.45, 7) is 9.40. The normalized spacial score (nSPS) is 16.2. The van der Waals surface area contributed by atoms with Crippen molar-refractivity contribution in [1.82, 2.24) is 9.80 Å². The molecule has 1 aliphatic heterocycles. The number of benzene rings is 1. The van der Waals surface area contributed by atoms with E-state index < -0.39 is 0 Å². The zero-order valence-electron chi connectivity index (χ0n) is 17.3. The van der Waals surface area contributed by atoms with Crippen molar-refractivity contribution in [2.75, 3.05) is 19.6 Å². The van der Waals surface area contributed by atoms with Crippen LogP contribution in [0, 0.1) is 12.8 Å². The van der Waals surface area contributed by atoms with Gasteiger partial charge in [0.15, 0.2) is 0 Å². The van der Waals surface area contributed by atoms with E-state index in [1.54, 1.807) is 16.2 Å². The molecule has 2 aromatic rings. The van der Waals surface area contributed by atoms with Gasteiger partial charge in [0, 0.05) is 23.9 Å². The van der Waals surface area contributed by atoms with Crippen molar-refractivity contribution >= 4 is 23.2 Å². The lowest BCUT2D eigenvalue weighted by atomic mass is 9.90. The Labute approximate surface area is 172 Å². The van der Waals surface area contributed by atoms with Crippen LogP contribution in [0.4, 0.5) is 0 Å². The van der Waals surface area contributed by atoms with Gasteiger partial charge in [0.2, 0.25) is 11.8 Å². The average Bonchev–Trinajstić information content (AvgIpc) is 3.15. The summed E-state index contributed by atoms with van der Waals surface area (Å²) in [6.07, 6.45) is 1.73. The number of thiophene rings is 1. The largest absolute Gasteiger partial charge is 0.333 e. The molecule has 0 fully saturated rings. The molecule has 4 nitrogen and oxygen atoms in total. The Morgan fingerprint density at radius 1 is 1.21 bits per heavy atom. The SMILES string of the molecule is CCCN(CC(=O)N1CCc2sccc2[C@@H]1c1ccccc1C)C(=O)C(C)C. The smallest absolute Gasteiger partial charge is 0.242 e. The summed E-state index contributed by atoms with van der Waals surface area (Å²) >= 11 is 1.77. The van der Waals surface area contributed by atoms with Gasteiger partial charge in [0.05, 0.1) is 12.6 Å². The van der Waals surface area contributed by atoms with E-state index in [0.717, 1.165) is 12.8 Å².